The quantitative estimate of drug-likeness (QED) is 0.255. The van der Waals surface area contributed by atoms with Gasteiger partial charge in [0.05, 0.1) is 14.2 Å². The van der Waals surface area contributed by atoms with E-state index >= 15 is 0 Å². The van der Waals surface area contributed by atoms with Gasteiger partial charge in [-0.1, -0.05) is 48.5 Å². The number of aromatic hydroxyl groups is 1. The first-order valence-electron chi connectivity index (χ1n) is 9.58. The summed E-state index contributed by atoms with van der Waals surface area (Å²) in [5, 5.41) is 11.1. The molecule has 0 radical (unpaired) electrons. The number of benzene rings is 3. The molecule has 156 valence electrons. The molecule has 1 fully saturated rings. The van der Waals surface area contributed by atoms with Crippen LogP contribution in [0.5, 0.6) is 5.75 Å². The Hall–Kier alpha value is -1.85. The van der Waals surface area contributed by atoms with Gasteiger partial charge in [-0.2, -0.15) is 0 Å². The molecule has 0 bridgehead atoms. The van der Waals surface area contributed by atoms with Crippen LogP contribution >= 0.6 is 56.9 Å². The standard InChI is InChI=1S/C24H18I2N2O2S/c25-18-13-17(22(29)20(26)15-18)14-21-23(30)28(12-11-16-7-3-1-4-8-16)24(31-21)27-19-9-5-2-6-10-19/h1-10,13-15,29H,11-12H2/b21-14+,27-24?. The molecular formula is C24H18I2N2O2S. The Labute approximate surface area is 212 Å². The highest BCUT2D eigenvalue weighted by Gasteiger charge is 2.33. The minimum Gasteiger partial charge on any atom is -0.506 e. The molecule has 4 rings (SSSR count). The van der Waals surface area contributed by atoms with Gasteiger partial charge in [0.1, 0.15) is 5.75 Å². The van der Waals surface area contributed by atoms with Crippen LogP contribution in [0.15, 0.2) is 82.7 Å². The number of hydrogen-bond acceptors (Lipinski definition) is 4. The molecule has 0 aromatic heterocycles. The van der Waals surface area contributed by atoms with Gasteiger partial charge in [-0.15, -0.1) is 0 Å². The number of nitrogens with zero attached hydrogens (tertiary/aromatic N) is 2. The van der Waals surface area contributed by atoms with Crippen molar-refractivity contribution in [2.45, 2.75) is 6.42 Å². The number of aliphatic imine (C=N–C) groups is 1. The average Bonchev–Trinajstić information content (AvgIpc) is 3.05. The van der Waals surface area contributed by atoms with Crippen LogP contribution in [0.25, 0.3) is 6.08 Å². The van der Waals surface area contributed by atoms with E-state index in [0.717, 1.165) is 19.2 Å². The first-order chi connectivity index (χ1) is 15.0. The molecule has 1 saturated heterocycles. The third-order valence-corrected chi connectivity index (χ3v) is 7.13. The van der Waals surface area contributed by atoms with Gasteiger partial charge in [0.15, 0.2) is 5.17 Å². The van der Waals surface area contributed by atoms with E-state index in [1.807, 2.05) is 60.7 Å². The monoisotopic (exact) mass is 652 g/mol. The van der Waals surface area contributed by atoms with E-state index in [-0.39, 0.29) is 11.7 Å². The van der Waals surface area contributed by atoms with E-state index in [1.165, 1.54) is 17.3 Å². The number of hydrogen-bond donors (Lipinski definition) is 1. The molecule has 3 aromatic rings. The Kier molecular flexibility index (Phi) is 7.34. The highest BCUT2D eigenvalue weighted by atomic mass is 127. The number of thioether (sulfide) groups is 1. The second-order valence-corrected chi connectivity index (χ2v) is 10.3. The summed E-state index contributed by atoms with van der Waals surface area (Å²) >= 11 is 5.66. The van der Waals surface area contributed by atoms with Crippen LogP contribution < -0.4 is 0 Å². The summed E-state index contributed by atoms with van der Waals surface area (Å²) in [4.78, 5) is 20.3. The molecule has 1 heterocycles. The van der Waals surface area contributed by atoms with Crippen LogP contribution in [-0.4, -0.2) is 27.6 Å². The van der Waals surface area contributed by atoms with Gasteiger partial charge in [-0.25, -0.2) is 4.99 Å². The number of carbonyl (C=O) groups excluding carboxylic acids is 1. The minimum atomic E-state index is -0.0936. The number of amides is 1. The Morgan fingerprint density at radius 3 is 2.39 bits per heavy atom. The van der Waals surface area contributed by atoms with Crippen molar-refractivity contribution in [2.24, 2.45) is 4.99 Å². The van der Waals surface area contributed by atoms with Gasteiger partial charge < -0.3 is 5.11 Å². The van der Waals surface area contributed by atoms with Crippen LogP contribution in [0, 0.1) is 7.14 Å². The minimum absolute atomic E-state index is 0.0936. The lowest BCUT2D eigenvalue weighted by molar-refractivity contribution is -0.122. The number of amidine groups is 1. The van der Waals surface area contributed by atoms with E-state index in [0.29, 0.717) is 22.2 Å². The predicted octanol–water partition coefficient (Wildman–Crippen LogP) is 6.45. The zero-order valence-corrected chi connectivity index (χ0v) is 21.5. The van der Waals surface area contributed by atoms with Crippen LogP contribution in [0.3, 0.4) is 0 Å². The maximum absolute atomic E-state index is 13.3. The predicted molar refractivity (Wildman–Crippen MR) is 145 cm³/mol. The van der Waals surface area contributed by atoms with Crippen LogP contribution in [0.4, 0.5) is 5.69 Å². The van der Waals surface area contributed by atoms with Gasteiger partial charge in [0.2, 0.25) is 0 Å². The van der Waals surface area contributed by atoms with E-state index in [1.54, 1.807) is 11.0 Å². The summed E-state index contributed by atoms with van der Waals surface area (Å²) in [5.74, 6) is 0.0927. The average molecular weight is 652 g/mol. The first kappa shape index (κ1) is 22.3. The van der Waals surface area contributed by atoms with Gasteiger partial charge in [-0.05, 0) is 99.3 Å². The maximum atomic E-state index is 13.3. The van der Waals surface area contributed by atoms with Gasteiger partial charge in [-0.3, -0.25) is 9.69 Å². The SMILES string of the molecule is O=C1/C(=C\c2cc(I)cc(I)c2O)SC(=Nc2ccccc2)N1CCc1ccccc1. The number of phenolic OH excluding ortho intramolecular Hbond substituents is 1. The van der Waals surface area contributed by atoms with Crippen molar-refractivity contribution in [1.29, 1.82) is 0 Å². The fourth-order valence-corrected chi connectivity index (χ4v) is 6.03. The lowest BCUT2D eigenvalue weighted by Crippen LogP contribution is -2.31. The van der Waals surface area contributed by atoms with Crippen molar-refractivity contribution in [2.75, 3.05) is 6.54 Å². The second-order valence-electron chi connectivity index (χ2n) is 6.86. The van der Waals surface area contributed by atoms with E-state index in [2.05, 4.69) is 57.3 Å². The van der Waals surface area contributed by atoms with Crippen LogP contribution in [-0.2, 0) is 11.2 Å². The topological polar surface area (TPSA) is 52.9 Å². The van der Waals surface area contributed by atoms with Gasteiger partial charge in [0, 0.05) is 15.7 Å². The molecule has 0 atom stereocenters. The van der Waals surface area contributed by atoms with E-state index < -0.39 is 0 Å². The molecule has 0 saturated carbocycles. The van der Waals surface area contributed by atoms with Crippen molar-refractivity contribution < 1.29 is 9.90 Å². The molecule has 1 N–H and O–H groups in total. The second kappa shape index (κ2) is 10.2. The zero-order chi connectivity index (χ0) is 21.8. The van der Waals surface area contributed by atoms with Crippen molar-refractivity contribution in [3.05, 3.63) is 96.0 Å². The molecule has 31 heavy (non-hydrogen) atoms. The fraction of sp³-hybridized carbons (Fsp3) is 0.0833. The van der Waals surface area contributed by atoms with Gasteiger partial charge in [0.25, 0.3) is 5.91 Å². The van der Waals surface area contributed by atoms with Gasteiger partial charge >= 0.3 is 0 Å². The molecule has 1 amide bonds. The van der Waals surface area contributed by atoms with Crippen LogP contribution in [0.1, 0.15) is 11.1 Å². The molecular weight excluding hydrogens is 634 g/mol. The summed E-state index contributed by atoms with van der Waals surface area (Å²) in [5.41, 5.74) is 2.60. The van der Waals surface area contributed by atoms with E-state index in [9.17, 15) is 9.90 Å². The highest BCUT2D eigenvalue weighted by molar-refractivity contribution is 14.1. The lowest BCUT2D eigenvalue weighted by atomic mass is 10.1. The molecule has 0 aliphatic carbocycles. The highest BCUT2D eigenvalue weighted by Crippen LogP contribution is 2.37. The molecule has 0 spiro atoms. The van der Waals surface area contributed by atoms with Crippen molar-refractivity contribution in [3.63, 3.8) is 0 Å². The summed E-state index contributed by atoms with van der Waals surface area (Å²) < 4.78 is 1.76. The molecule has 1 aliphatic heterocycles. The van der Waals surface area contributed by atoms with Crippen molar-refractivity contribution >= 4 is 79.8 Å². The number of rotatable bonds is 5. The number of para-hydroxylation sites is 1. The Morgan fingerprint density at radius 1 is 1.00 bits per heavy atom. The number of carbonyl (C=O) groups is 1. The zero-order valence-electron chi connectivity index (χ0n) is 16.3. The molecule has 4 nitrogen and oxygen atoms in total. The smallest absolute Gasteiger partial charge is 0.266 e. The summed E-state index contributed by atoms with van der Waals surface area (Å²) in [7, 11) is 0. The summed E-state index contributed by atoms with van der Waals surface area (Å²) in [6, 6.07) is 23.5. The normalized spacial score (nSPS) is 16.5. The fourth-order valence-electron chi connectivity index (χ4n) is 3.12. The molecule has 3 aromatic carbocycles. The Morgan fingerprint density at radius 2 is 1.68 bits per heavy atom. The third-order valence-electron chi connectivity index (χ3n) is 4.68. The Bertz CT molecular complexity index is 1160. The molecule has 0 unspecified atom stereocenters. The van der Waals surface area contributed by atoms with E-state index in [4.69, 9.17) is 4.99 Å². The third kappa shape index (κ3) is 5.50. The first-order valence-corrected chi connectivity index (χ1v) is 12.6. The number of phenols is 1. The summed E-state index contributed by atoms with van der Waals surface area (Å²) in [6.45, 7) is 0.536. The van der Waals surface area contributed by atoms with Crippen molar-refractivity contribution in [1.82, 2.24) is 4.90 Å². The van der Waals surface area contributed by atoms with Crippen molar-refractivity contribution in [3.8, 4) is 5.75 Å². The largest absolute Gasteiger partial charge is 0.506 e. The lowest BCUT2D eigenvalue weighted by Gasteiger charge is -2.15. The number of halogens is 2. The van der Waals surface area contributed by atoms with Crippen LogP contribution in [0.2, 0.25) is 0 Å². The summed E-state index contributed by atoms with van der Waals surface area (Å²) in [6.07, 6.45) is 2.50. The maximum Gasteiger partial charge on any atom is 0.266 e. The Balaban J connectivity index is 1.67. The molecule has 1 aliphatic rings. The molecule has 7 heteroatoms.